The molecule has 128 valence electrons. The second-order valence-corrected chi connectivity index (χ2v) is 5.22. The molecule has 0 aromatic heterocycles. The molecule has 1 aromatic carbocycles. The lowest BCUT2D eigenvalue weighted by atomic mass is 10.2. The van der Waals surface area contributed by atoms with Crippen LogP contribution in [0.1, 0.15) is 33.1 Å². The van der Waals surface area contributed by atoms with E-state index in [-0.39, 0.29) is 18.2 Å². The van der Waals surface area contributed by atoms with E-state index in [9.17, 15) is 9.59 Å². The van der Waals surface area contributed by atoms with Crippen LogP contribution in [0.2, 0.25) is 0 Å². The molecular weight excluding hydrogens is 296 g/mol. The van der Waals surface area contributed by atoms with Crippen molar-refractivity contribution < 1.29 is 19.1 Å². The topological polar surface area (TPSA) is 67.9 Å². The second kappa shape index (κ2) is 9.71. The maximum absolute atomic E-state index is 12.1. The predicted molar refractivity (Wildman–Crippen MR) is 90.0 cm³/mol. The largest absolute Gasteiger partial charge is 0.497 e. The molecule has 6 nitrogen and oxygen atoms in total. The van der Waals surface area contributed by atoms with Gasteiger partial charge >= 0.3 is 0 Å². The zero-order valence-corrected chi connectivity index (χ0v) is 14.3. The Kier molecular flexibility index (Phi) is 7.94. The van der Waals surface area contributed by atoms with Crippen molar-refractivity contribution in [3.05, 3.63) is 18.2 Å². The van der Waals surface area contributed by atoms with Gasteiger partial charge in [0, 0.05) is 32.5 Å². The number of amides is 2. The fourth-order valence-corrected chi connectivity index (χ4v) is 2.14. The summed E-state index contributed by atoms with van der Waals surface area (Å²) in [5, 5.41) is 2.80. The van der Waals surface area contributed by atoms with E-state index in [2.05, 4.69) is 12.2 Å². The third kappa shape index (κ3) is 6.18. The van der Waals surface area contributed by atoms with Crippen LogP contribution in [0.4, 0.5) is 5.69 Å². The molecule has 0 fully saturated rings. The van der Waals surface area contributed by atoms with Gasteiger partial charge in [0.1, 0.15) is 11.5 Å². The summed E-state index contributed by atoms with van der Waals surface area (Å²) < 4.78 is 10.4. The molecular formula is C17H26N2O4. The van der Waals surface area contributed by atoms with Gasteiger partial charge in [-0.15, -0.1) is 0 Å². The van der Waals surface area contributed by atoms with E-state index in [4.69, 9.17) is 9.47 Å². The van der Waals surface area contributed by atoms with Gasteiger partial charge in [0.05, 0.1) is 19.9 Å². The number of hydrogen-bond donors (Lipinski definition) is 1. The quantitative estimate of drug-likeness (QED) is 0.759. The molecule has 0 bridgehead atoms. The highest BCUT2D eigenvalue weighted by atomic mass is 16.5. The normalized spacial score (nSPS) is 10.1. The molecule has 0 saturated heterocycles. The van der Waals surface area contributed by atoms with Gasteiger partial charge in [0.25, 0.3) is 0 Å². The number of benzene rings is 1. The molecule has 0 atom stereocenters. The molecule has 0 radical (unpaired) electrons. The van der Waals surface area contributed by atoms with Gasteiger partial charge in [-0.05, 0) is 18.6 Å². The number of carbonyl (C=O) groups excluding carboxylic acids is 2. The molecule has 0 saturated carbocycles. The van der Waals surface area contributed by atoms with E-state index in [0.717, 1.165) is 12.8 Å². The van der Waals surface area contributed by atoms with Crippen molar-refractivity contribution in [1.29, 1.82) is 0 Å². The second-order valence-electron chi connectivity index (χ2n) is 5.22. The van der Waals surface area contributed by atoms with E-state index in [0.29, 0.717) is 30.3 Å². The molecule has 1 aromatic rings. The molecule has 2 amide bonds. The SMILES string of the molecule is CCCCN(CCC(=O)Nc1cc(OC)ccc1OC)C(C)=O. The van der Waals surface area contributed by atoms with Crippen LogP contribution in [0.5, 0.6) is 11.5 Å². The van der Waals surface area contributed by atoms with Crippen LogP contribution in [0.15, 0.2) is 18.2 Å². The lowest BCUT2D eigenvalue weighted by Gasteiger charge is -2.20. The highest BCUT2D eigenvalue weighted by Gasteiger charge is 2.13. The average Bonchev–Trinajstić information content (AvgIpc) is 2.54. The number of carbonyl (C=O) groups is 2. The minimum atomic E-state index is -0.167. The van der Waals surface area contributed by atoms with Crippen LogP contribution in [0, 0.1) is 0 Å². The van der Waals surface area contributed by atoms with E-state index in [1.54, 1.807) is 37.3 Å². The van der Waals surface area contributed by atoms with Gasteiger partial charge in [0.2, 0.25) is 11.8 Å². The van der Waals surface area contributed by atoms with E-state index < -0.39 is 0 Å². The van der Waals surface area contributed by atoms with Crippen molar-refractivity contribution in [3.8, 4) is 11.5 Å². The van der Waals surface area contributed by atoms with Crippen molar-refractivity contribution in [2.45, 2.75) is 33.1 Å². The zero-order valence-electron chi connectivity index (χ0n) is 14.3. The third-order valence-electron chi connectivity index (χ3n) is 3.52. The molecule has 6 heteroatoms. The van der Waals surface area contributed by atoms with Gasteiger partial charge in [-0.25, -0.2) is 0 Å². The van der Waals surface area contributed by atoms with Crippen LogP contribution in [-0.2, 0) is 9.59 Å². The van der Waals surface area contributed by atoms with Crippen molar-refractivity contribution >= 4 is 17.5 Å². The van der Waals surface area contributed by atoms with Gasteiger partial charge in [0.15, 0.2) is 0 Å². The number of methoxy groups -OCH3 is 2. The Morgan fingerprint density at radius 1 is 1.17 bits per heavy atom. The molecule has 0 spiro atoms. The first-order valence-corrected chi connectivity index (χ1v) is 7.79. The Morgan fingerprint density at radius 2 is 1.91 bits per heavy atom. The number of anilines is 1. The lowest BCUT2D eigenvalue weighted by Crippen LogP contribution is -2.32. The predicted octanol–water partition coefficient (Wildman–Crippen LogP) is 2.68. The van der Waals surface area contributed by atoms with Crippen molar-refractivity contribution in [3.63, 3.8) is 0 Å². The van der Waals surface area contributed by atoms with E-state index in [1.165, 1.54) is 6.92 Å². The molecule has 0 heterocycles. The van der Waals surface area contributed by atoms with Gasteiger partial charge < -0.3 is 19.7 Å². The number of nitrogens with one attached hydrogen (secondary N) is 1. The summed E-state index contributed by atoms with van der Waals surface area (Å²) in [5.74, 6) is 1.02. The summed E-state index contributed by atoms with van der Waals surface area (Å²) in [5.41, 5.74) is 0.555. The van der Waals surface area contributed by atoms with Gasteiger partial charge in [-0.3, -0.25) is 9.59 Å². The van der Waals surface area contributed by atoms with Crippen LogP contribution < -0.4 is 14.8 Å². The third-order valence-corrected chi connectivity index (χ3v) is 3.52. The van der Waals surface area contributed by atoms with Crippen LogP contribution >= 0.6 is 0 Å². The number of unbranched alkanes of at least 4 members (excludes halogenated alkanes) is 1. The maximum atomic E-state index is 12.1. The van der Waals surface area contributed by atoms with Crippen LogP contribution in [0.3, 0.4) is 0 Å². The van der Waals surface area contributed by atoms with Gasteiger partial charge in [-0.1, -0.05) is 13.3 Å². The maximum Gasteiger partial charge on any atom is 0.226 e. The Balaban J connectivity index is 2.63. The van der Waals surface area contributed by atoms with E-state index >= 15 is 0 Å². The summed E-state index contributed by atoms with van der Waals surface area (Å²) >= 11 is 0. The van der Waals surface area contributed by atoms with E-state index in [1.807, 2.05) is 0 Å². The van der Waals surface area contributed by atoms with Gasteiger partial charge in [-0.2, -0.15) is 0 Å². The first kappa shape index (κ1) is 18.8. The molecule has 1 N–H and O–H groups in total. The smallest absolute Gasteiger partial charge is 0.226 e. The first-order valence-electron chi connectivity index (χ1n) is 7.79. The molecule has 0 aliphatic rings. The zero-order chi connectivity index (χ0) is 17.2. The number of nitrogens with zero attached hydrogens (tertiary/aromatic N) is 1. The Hall–Kier alpha value is -2.24. The van der Waals surface area contributed by atoms with Crippen LogP contribution in [-0.4, -0.2) is 44.0 Å². The van der Waals surface area contributed by atoms with Crippen molar-refractivity contribution in [2.75, 3.05) is 32.6 Å². The number of rotatable bonds is 9. The fraction of sp³-hybridized carbons (Fsp3) is 0.529. The Morgan fingerprint density at radius 3 is 2.48 bits per heavy atom. The standard InChI is InChI=1S/C17H26N2O4/c1-5-6-10-19(13(2)20)11-9-17(21)18-15-12-14(22-3)7-8-16(15)23-4/h7-8,12H,5-6,9-11H2,1-4H3,(H,18,21). The first-order chi connectivity index (χ1) is 11.0. The summed E-state index contributed by atoms with van der Waals surface area (Å²) in [7, 11) is 3.10. The van der Waals surface area contributed by atoms with Crippen molar-refractivity contribution in [1.82, 2.24) is 4.90 Å². The lowest BCUT2D eigenvalue weighted by molar-refractivity contribution is -0.129. The number of hydrogen-bond acceptors (Lipinski definition) is 4. The monoisotopic (exact) mass is 322 g/mol. The molecule has 0 aliphatic heterocycles. The summed E-state index contributed by atoms with van der Waals surface area (Å²) in [4.78, 5) is 25.4. The summed E-state index contributed by atoms with van der Waals surface area (Å²) in [6, 6.07) is 5.20. The Bertz CT molecular complexity index is 531. The molecule has 23 heavy (non-hydrogen) atoms. The number of ether oxygens (including phenoxy) is 2. The molecule has 0 aliphatic carbocycles. The fourth-order valence-electron chi connectivity index (χ4n) is 2.14. The minimum Gasteiger partial charge on any atom is -0.497 e. The molecule has 0 unspecified atom stereocenters. The average molecular weight is 322 g/mol. The Labute approximate surface area is 137 Å². The van der Waals surface area contributed by atoms with Crippen molar-refractivity contribution in [2.24, 2.45) is 0 Å². The summed E-state index contributed by atoms with van der Waals surface area (Å²) in [6.45, 7) is 4.69. The summed E-state index contributed by atoms with van der Waals surface area (Å²) in [6.07, 6.45) is 2.19. The highest BCUT2D eigenvalue weighted by Crippen LogP contribution is 2.28. The minimum absolute atomic E-state index is 0.00906. The molecule has 1 rings (SSSR count). The highest BCUT2D eigenvalue weighted by molar-refractivity contribution is 5.92. The van der Waals surface area contributed by atoms with Crippen LogP contribution in [0.25, 0.3) is 0 Å².